The van der Waals surface area contributed by atoms with Gasteiger partial charge in [-0.15, -0.1) is 0 Å². The van der Waals surface area contributed by atoms with E-state index in [1.54, 1.807) is 27.7 Å². The van der Waals surface area contributed by atoms with Crippen LogP contribution in [0.5, 0.6) is 0 Å². The van der Waals surface area contributed by atoms with Crippen LogP contribution in [0, 0.1) is 37.0 Å². The van der Waals surface area contributed by atoms with Crippen LogP contribution in [0.1, 0.15) is 79.7 Å². The molecular weight excluding hydrogens is 510 g/mol. The van der Waals surface area contributed by atoms with Crippen LogP contribution in [-0.2, 0) is 14.3 Å². The molecule has 1 aliphatic rings. The maximum absolute atomic E-state index is 13.3. The number of fused-ring (bicyclic) bond motifs is 3. The maximum atomic E-state index is 13.3. The number of ketones is 1. The molecule has 0 aromatic heterocycles. The van der Waals surface area contributed by atoms with Crippen molar-refractivity contribution in [1.82, 2.24) is 0 Å². The first-order chi connectivity index (χ1) is 18.3. The molecule has 0 radical (unpaired) electrons. The van der Waals surface area contributed by atoms with E-state index in [1.165, 1.54) is 12.1 Å². The SMILES string of the molecule is CCC(CC(C)OC(=O)CCC(C)(C)C#N)OC(=O)c1cc([N+](=O)[O-])cc2c1-c1ccc([N+](=O)[O-])cc1C2=O. The second-order valence-electron chi connectivity index (χ2n) is 9.96. The van der Waals surface area contributed by atoms with E-state index in [2.05, 4.69) is 6.07 Å². The Morgan fingerprint density at radius 1 is 1.03 bits per heavy atom. The number of nitriles is 1. The van der Waals surface area contributed by atoms with E-state index in [4.69, 9.17) is 14.7 Å². The summed E-state index contributed by atoms with van der Waals surface area (Å²) in [4.78, 5) is 59.8. The van der Waals surface area contributed by atoms with Gasteiger partial charge in [0, 0.05) is 53.8 Å². The van der Waals surface area contributed by atoms with Crippen LogP contribution < -0.4 is 0 Å². The lowest BCUT2D eigenvalue weighted by molar-refractivity contribution is -0.385. The van der Waals surface area contributed by atoms with E-state index < -0.39 is 50.9 Å². The van der Waals surface area contributed by atoms with Crippen LogP contribution >= 0.6 is 0 Å². The van der Waals surface area contributed by atoms with Gasteiger partial charge in [0.2, 0.25) is 0 Å². The van der Waals surface area contributed by atoms with Crippen LogP contribution in [0.3, 0.4) is 0 Å². The summed E-state index contributed by atoms with van der Waals surface area (Å²) >= 11 is 0. The van der Waals surface area contributed by atoms with E-state index >= 15 is 0 Å². The number of non-ortho nitro benzene ring substituents is 2. The zero-order chi connectivity index (χ0) is 29.1. The summed E-state index contributed by atoms with van der Waals surface area (Å²) in [5.41, 5.74) is -1.56. The predicted octanol–water partition coefficient (Wildman–Crippen LogP) is 5.30. The Labute approximate surface area is 223 Å². The summed E-state index contributed by atoms with van der Waals surface area (Å²) in [5.74, 6) is -2.09. The number of benzene rings is 2. The Bertz CT molecular complexity index is 1410. The lowest BCUT2D eigenvalue weighted by atomic mass is 9.90. The van der Waals surface area contributed by atoms with Gasteiger partial charge in [-0.1, -0.05) is 6.92 Å². The van der Waals surface area contributed by atoms with Gasteiger partial charge in [0.05, 0.1) is 26.9 Å². The van der Waals surface area contributed by atoms with E-state index in [-0.39, 0.29) is 46.3 Å². The number of nitro benzene ring substituents is 2. The quantitative estimate of drug-likeness (QED) is 0.177. The van der Waals surface area contributed by atoms with Gasteiger partial charge in [-0.25, -0.2) is 4.79 Å². The molecule has 39 heavy (non-hydrogen) atoms. The standard InChI is InChI=1S/C27H27N3O9/c1-5-18(10-15(2)38-23(31)8-9-27(3,4)14-28)39-26(33)22-13-17(30(36)37)12-21-24(22)19-7-6-16(29(34)35)11-20(19)25(21)32/h6-7,11-13,15,18H,5,8-10H2,1-4H3. The molecular formula is C27H27N3O9. The average molecular weight is 538 g/mol. The Hall–Kier alpha value is -4.66. The van der Waals surface area contributed by atoms with Gasteiger partial charge in [-0.3, -0.25) is 29.8 Å². The molecule has 12 nitrogen and oxygen atoms in total. The molecule has 3 rings (SSSR count). The fourth-order valence-corrected chi connectivity index (χ4v) is 4.24. The summed E-state index contributed by atoms with van der Waals surface area (Å²) in [6.45, 7) is 6.82. The monoisotopic (exact) mass is 537 g/mol. The number of hydrogen-bond donors (Lipinski definition) is 0. The van der Waals surface area contributed by atoms with Gasteiger partial charge in [0.15, 0.2) is 5.78 Å². The van der Waals surface area contributed by atoms with E-state index in [0.29, 0.717) is 12.8 Å². The van der Waals surface area contributed by atoms with E-state index in [1.807, 2.05) is 0 Å². The molecule has 2 unspecified atom stereocenters. The molecule has 0 aliphatic heterocycles. The van der Waals surface area contributed by atoms with Crippen molar-refractivity contribution >= 4 is 29.1 Å². The Balaban J connectivity index is 1.84. The van der Waals surface area contributed by atoms with Gasteiger partial charge in [0.25, 0.3) is 11.4 Å². The van der Waals surface area contributed by atoms with Crippen molar-refractivity contribution in [3.63, 3.8) is 0 Å². The molecule has 204 valence electrons. The zero-order valence-electron chi connectivity index (χ0n) is 21.9. The van der Waals surface area contributed by atoms with Crippen LogP contribution in [0.4, 0.5) is 11.4 Å². The lowest BCUT2D eigenvalue weighted by Crippen LogP contribution is -2.26. The molecule has 0 heterocycles. The third-order valence-corrected chi connectivity index (χ3v) is 6.44. The Kier molecular flexibility index (Phi) is 8.44. The molecule has 0 N–H and O–H groups in total. The molecule has 0 fully saturated rings. The minimum atomic E-state index is -0.921. The normalized spacial score (nSPS) is 13.5. The summed E-state index contributed by atoms with van der Waals surface area (Å²) in [5, 5.41) is 31.8. The number of ether oxygens (including phenoxy) is 2. The molecule has 0 bridgehead atoms. The minimum Gasteiger partial charge on any atom is -0.463 e. The first kappa shape index (κ1) is 28.9. The molecule has 0 spiro atoms. The van der Waals surface area contributed by atoms with Gasteiger partial charge >= 0.3 is 11.9 Å². The van der Waals surface area contributed by atoms with Crippen molar-refractivity contribution in [2.24, 2.45) is 5.41 Å². The summed E-state index contributed by atoms with van der Waals surface area (Å²) in [7, 11) is 0. The van der Waals surface area contributed by atoms with Crippen LogP contribution in [0.2, 0.25) is 0 Å². The predicted molar refractivity (Wildman–Crippen MR) is 137 cm³/mol. The number of carbonyl (C=O) groups excluding carboxylic acids is 3. The number of carbonyl (C=O) groups is 3. The summed E-state index contributed by atoms with van der Waals surface area (Å²) in [6.07, 6.45) is -0.490. The van der Waals surface area contributed by atoms with Crippen LogP contribution in [0.25, 0.3) is 11.1 Å². The summed E-state index contributed by atoms with van der Waals surface area (Å²) in [6, 6.07) is 7.74. The van der Waals surface area contributed by atoms with Gasteiger partial charge < -0.3 is 9.47 Å². The fraction of sp³-hybridized carbons (Fsp3) is 0.407. The maximum Gasteiger partial charge on any atom is 0.339 e. The van der Waals surface area contributed by atoms with Crippen molar-refractivity contribution in [3.8, 4) is 17.2 Å². The van der Waals surface area contributed by atoms with Gasteiger partial charge in [-0.05, 0) is 45.2 Å². The number of rotatable bonds is 11. The van der Waals surface area contributed by atoms with E-state index in [0.717, 1.165) is 18.2 Å². The molecule has 2 aromatic rings. The third kappa shape index (κ3) is 6.43. The second kappa shape index (κ2) is 11.4. The first-order valence-corrected chi connectivity index (χ1v) is 12.3. The minimum absolute atomic E-state index is 0.0408. The van der Waals surface area contributed by atoms with Crippen molar-refractivity contribution in [3.05, 3.63) is 67.3 Å². The number of nitro groups is 2. The van der Waals surface area contributed by atoms with Crippen molar-refractivity contribution in [1.29, 1.82) is 5.26 Å². The molecule has 0 saturated heterocycles. The number of hydrogen-bond acceptors (Lipinski definition) is 10. The second-order valence-corrected chi connectivity index (χ2v) is 9.96. The molecule has 2 atom stereocenters. The van der Waals surface area contributed by atoms with Crippen LogP contribution in [-0.4, -0.2) is 39.8 Å². The van der Waals surface area contributed by atoms with E-state index in [9.17, 15) is 34.6 Å². The molecule has 2 aromatic carbocycles. The fourth-order valence-electron chi connectivity index (χ4n) is 4.24. The van der Waals surface area contributed by atoms with Crippen molar-refractivity contribution in [2.75, 3.05) is 0 Å². The summed E-state index contributed by atoms with van der Waals surface area (Å²) < 4.78 is 11.0. The number of esters is 2. The Morgan fingerprint density at radius 3 is 2.26 bits per heavy atom. The largest absolute Gasteiger partial charge is 0.463 e. The zero-order valence-corrected chi connectivity index (χ0v) is 21.9. The highest BCUT2D eigenvalue weighted by atomic mass is 16.6. The number of nitrogens with zero attached hydrogens (tertiary/aromatic N) is 3. The molecule has 0 saturated carbocycles. The lowest BCUT2D eigenvalue weighted by Gasteiger charge is -2.22. The topological polar surface area (TPSA) is 180 Å². The first-order valence-electron chi connectivity index (χ1n) is 12.3. The molecule has 1 aliphatic carbocycles. The smallest absolute Gasteiger partial charge is 0.339 e. The average Bonchev–Trinajstić information content (AvgIpc) is 3.17. The molecule has 0 amide bonds. The molecule has 12 heteroatoms. The van der Waals surface area contributed by atoms with Gasteiger partial charge in [-0.2, -0.15) is 5.26 Å². The third-order valence-electron chi connectivity index (χ3n) is 6.44. The van der Waals surface area contributed by atoms with Gasteiger partial charge in [0.1, 0.15) is 12.2 Å². The Morgan fingerprint density at radius 2 is 1.67 bits per heavy atom. The van der Waals surface area contributed by atoms with Crippen molar-refractivity contribution in [2.45, 2.75) is 65.6 Å². The van der Waals surface area contributed by atoms with Crippen molar-refractivity contribution < 1.29 is 33.7 Å². The highest BCUT2D eigenvalue weighted by Crippen LogP contribution is 2.42. The highest BCUT2D eigenvalue weighted by Gasteiger charge is 2.36. The van der Waals surface area contributed by atoms with Crippen LogP contribution in [0.15, 0.2) is 30.3 Å². The highest BCUT2D eigenvalue weighted by molar-refractivity contribution is 6.24.